The molecule has 0 bridgehead atoms. The molecule has 4 rings (SSSR count). The lowest BCUT2D eigenvalue weighted by Gasteiger charge is -2.42. The van der Waals surface area contributed by atoms with Crippen molar-refractivity contribution in [2.45, 2.75) is 12.3 Å². The van der Waals surface area contributed by atoms with Crippen molar-refractivity contribution < 1.29 is 14.3 Å². The van der Waals surface area contributed by atoms with Crippen molar-refractivity contribution in [3.63, 3.8) is 0 Å². The molecule has 2 aliphatic heterocycles. The van der Waals surface area contributed by atoms with E-state index in [1.165, 1.54) is 11.8 Å². The van der Waals surface area contributed by atoms with Gasteiger partial charge in [-0.25, -0.2) is 0 Å². The Hall–Kier alpha value is -2.63. The minimum atomic E-state index is -0.212. The summed E-state index contributed by atoms with van der Waals surface area (Å²) in [7, 11) is 3.23. The Labute approximate surface area is 188 Å². The Bertz CT molecular complexity index is 1050. The molecule has 0 radical (unpaired) electrons. The number of methoxy groups -OCH3 is 2. The molecule has 0 N–H and O–H groups in total. The van der Waals surface area contributed by atoms with Crippen LogP contribution < -0.4 is 14.4 Å². The van der Waals surface area contributed by atoms with Crippen LogP contribution in [0.25, 0.3) is 0 Å². The minimum Gasteiger partial charge on any atom is -0.497 e. The van der Waals surface area contributed by atoms with Gasteiger partial charge in [0.1, 0.15) is 11.5 Å². The summed E-state index contributed by atoms with van der Waals surface area (Å²) in [6.45, 7) is 0.377. The molecule has 1 amide bonds. The minimum absolute atomic E-state index is 0.0154. The summed E-state index contributed by atoms with van der Waals surface area (Å²) >= 11 is 4.95. The number of hydrogen-bond donors (Lipinski definition) is 0. The molecule has 0 unspecified atom stereocenters. The van der Waals surface area contributed by atoms with Crippen molar-refractivity contribution in [3.8, 4) is 17.6 Å². The number of nitriles is 1. The van der Waals surface area contributed by atoms with Crippen molar-refractivity contribution in [2.75, 3.05) is 31.7 Å². The second kappa shape index (κ2) is 8.62. The highest BCUT2D eigenvalue weighted by atomic mass is 79.9. The highest BCUT2D eigenvalue weighted by Crippen LogP contribution is 2.44. The standard InChI is InChI=1S/C22H20BrN3O3S/c1-28-16-7-8-19(20(9-16)29-2)25-12-26-21(27)10-17(14-3-5-15(23)6-4-14)18(11-24)22(26)30-13-25/h3-9,17H,10,12-13H2,1-2H3/t17-/m1/s1. The van der Waals surface area contributed by atoms with E-state index in [4.69, 9.17) is 9.47 Å². The monoisotopic (exact) mass is 485 g/mol. The topological polar surface area (TPSA) is 65.8 Å². The van der Waals surface area contributed by atoms with Gasteiger partial charge >= 0.3 is 0 Å². The van der Waals surface area contributed by atoms with Crippen LogP contribution in [0, 0.1) is 11.3 Å². The van der Waals surface area contributed by atoms with Crippen LogP contribution in [0.2, 0.25) is 0 Å². The maximum absolute atomic E-state index is 13.1. The van der Waals surface area contributed by atoms with E-state index in [1.807, 2.05) is 42.5 Å². The van der Waals surface area contributed by atoms with Crippen LogP contribution in [-0.2, 0) is 4.79 Å². The molecule has 2 aromatic rings. The number of halogens is 1. The molecule has 2 aromatic carbocycles. The molecule has 0 aliphatic carbocycles. The number of benzene rings is 2. The zero-order valence-corrected chi connectivity index (χ0v) is 19.0. The second-order valence-electron chi connectivity index (χ2n) is 6.95. The second-order valence-corrected chi connectivity index (χ2v) is 8.80. The van der Waals surface area contributed by atoms with E-state index in [0.717, 1.165) is 20.8 Å². The SMILES string of the molecule is COc1ccc(N2CSC3=C(C#N)[C@@H](c4ccc(Br)cc4)CC(=O)N3C2)c(OC)c1. The van der Waals surface area contributed by atoms with Crippen LogP contribution in [0.4, 0.5) is 5.69 Å². The lowest BCUT2D eigenvalue weighted by molar-refractivity contribution is -0.129. The Balaban J connectivity index is 1.65. The van der Waals surface area contributed by atoms with E-state index in [0.29, 0.717) is 29.6 Å². The van der Waals surface area contributed by atoms with Gasteiger partial charge < -0.3 is 14.4 Å². The first-order valence-corrected chi connectivity index (χ1v) is 11.1. The molecule has 8 heteroatoms. The molecule has 0 aromatic heterocycles. The summed E-state index contributed by atoms with van der Waals surface area (Å²) in [5.41, 5.74) is 2.52. The Morgan fingerprint density at radius 2 is 1.93 bits per heavy atom. The van der Waals surface area contributed by atoms with Gasteiger partial charge in [0.05, 0.1) is 49.1 Å². The Kier molecular flexibility index (Phi) is 5.93. The van der Waals surface area contributed by atoms with Gasteiger partial charge in [0.25, 0.3) is 0 Å². The molecule has 0 spiro atoms. The van der Waals surface area contributed by atoms with E-state index in [-0.39, 0.29) is 18.2 Å². The van der Waals surface area contributed by atoms with Crippen LogP contribution >= 0.6 is 27.7 Å². The fraction of sp³-hybridized carbons (Fsp3) is 0.273. The number of hydrogen-bond acceptors (Lipinski definition) is 6. The Morgan fingerprint density at radius 3 is 2.60 bits per heavy atom. The molecule has 1 saturated heterocycles. The van der Waals surface area contributed by atoms with Gasteiger partial charge in [-0.15, -0.1) is 0 Å². The summed E-state index contributed by atoms with van der Waals surface area (Å²) in [6.07, 6.45) is 0.280. The van der Waals surface area contributed by atoms with E-state index >= 15 is 0 Å². The van der Waals surface area contributed by atoms with Gasteiger partial charge in [-0.2, -0.15) is 5.26 Å². The quantitative estimate of drug-likeness (QED) is 0.625. The molecule has 0 saturated carbocycles. The number of anilines is 1. The van der Waals surface area contributed by atoms with Crippen LogP contribution in [0.1, 0.15) is 17.9 Å². The summed E-state index contributed by atoms with van der Waals surface area (Å²) < 4.78 is 11.8. The van der Waals surface area contributed by atoms with E-state index < -0.39 is 0 Å². The van der Waals surface area contributed by atoms with Gasteiger partial charge in [-0.1, -0.05) is 39.8 Å². The number of amides is 1. The third-order valence-corrected chi connectivity index (χ3v) is 6.98. The van der Waals surface area contributed by atoms with E-state index in [2.05, 4.69) is 26.9 Å². The highest BCUT2D eigenvalue weighted by molar-refractivity contribution is 9.10. The van der Waals surface area contributed by atoms with Crippen LogP contribution in [0.15, 0.2) is 57.5 Å². The maximum Gasteiger partial charge on any atom is 0.229 e. The number of carbonyl (C=O) groups excluding carboxylic acids is 1. The largest absolute Gasteiger partial charge is 0.497 e. The first kappa shape index (κ1) is 20.6. The lowest BCUT2D eigenvalue weighted by atomic mass is 9.86. The lowest BCUT2D eigenvalue weighted by Crippen LogP contribution is -2.47. The molecule has 6 nitrogen and oxygen atoms in total. The summed E-state index contributed by atoms with van der Waals surface area (Å²) in [5.74, 6) is 1.80. The molecular weight excluding hydrogens is 466 g/mol. The molecule has 30 heavy (non-hydrogen) atoms. The summed E-state index contributed by atoms with van der Waals surface area (Å²) in [4.78, 5) is 16.8. The van der Waals surface area contributed by atoms with Gasteiger partial charge in [-0.3, -0.25) is 9.69 Å². The number of nitrogens with zero attached hydrogens (tertiary/aromatic N) is 3. The Morgan fingerprint density at radius 1 is 1.17 bits per heavy atom. The van der Waals surface area contributed by atoms with Gasteiger partial charge in [-0.05, 0) is 29.8 Å². The summed E-state index contributed by atoms with van der Waals surface area (Å²) in [6, 6.07) is 15.8. The highest BCUT2D eigenvalue weighted by Gasteiger charge is 2.38. The van der Waals surface area contributed by atoms with Crippen LogP contribution in [0.3, 0.4) is 0 Å². The zero-order valence-electron chi connectivity index (χ0n) is 16.6. The fourth-order valence-electron chi connectivity index (χ4n) is 3.74. The predicted molar refractivity (Wildman–Crippen MR) is 120 cm³/mol. The third-order valence-electron chi connectivity index (χ3n) is 5.29. The molecule has 1 fully saturated rings. The first-order chi connectivity index (χ1) is 14.5. The van der Waals surface area contributed by atoms with E-state index in [1.54, 1.807) is 19.1 Å². The molecule has 154 valence electrons. The first-order valence-electron chi connectivity index (χ1n) is 9.35. The normalized spacial score (nSPS) is 18.7. The number of thioether (sulfide) groups is 1. The van der Waals surface area contributed by atoms with Gasteiger partial charge in [0, 0.05) is 22.9 Å². The number of carbonyl (C=O) groups is 1. The average molecular weight is 486 g/mol. The molecule has 2 heterocycles. The fourth-order valence-corrected chi connectivity index (χ4v) is 5.16. The number of rotatable bonds is 4. The van der Waals surface area contributed by atoms with Gasteiger partial charge in [0.15, 0.2) is 0 Å². The van der Waals surface area contributed by atoms with Crippen molar-refractivity contribution in [1.29, 1.82) is 5.26 Å². The predicted octanol–water partition coefficient (Wildman–Crippen LogP) is 4.69. The van der Waals surface area contributed by atoms with Crippen LogP contribution in [-0.4, -0.2) is 37.6 Å². The van der Waals surface area contributed by atoms with Crippen molar-refractivity contribution in [3.05, 3.63) is 63.1 Å². The van der Waals surface area contributed by atoms with Crippen molar-refractivity contribution in [1.82, 2.24) is 4.90 Å². The van der Waals surface area contributed by atoms with E-state index in [9.17, 15) is 10.1 Å². The van der Waals surface area contributed by atoms with Gasteiger partial charge in [0.2, 0.25) is 5.91 Å². The zero-order chi connectivity index (χ0) is 21.3. The van der Waals surface area contributed by atoms with Crippen molar-refractivity contribution >= 4 is 39.3 Å². The number of allylic oxidation sites excluding steroid dienone is 1. The molecule has 1 atom stereocenters. The van der Waals surface area contributed by atoms with Crippen LogP contribution in [0.5, 0.6) is 11.5 Å². The summed E-state index contributed by atoms with van der Waals surface area (Å²) in [5, 5.41) is 10.7. The average Bonchev–Trinajstić information content (AvgIpc) is 2.79. The smallest absolute Gasteiger partial charge is 0.229 e. The van der Waals surface area contributed by atoms with Crippen molar-refractivity contribution in [2.24, 2.45) is 0 Å². The number of ether oxygens (including phenoxy) is 2. The maximum atomic E-state index is 13.1. The third kappa shape index (κ3) is 3.75. The number of fused-ring (bicyclic) bond motifs is 1. The molecular formula is C22H20BrN3O3S. The molecule has 2 aliphatic rings.